The van der Waals surface area contributed by atoms with Crippen LogP contribution in [0.3, 0.4) is 0 Å². The molecule has 1 rings (SSSR count). The van der Waals surface area contributed by atoms with Gasteiger partial charge >= 0.3 is 0 Å². The third-order valence-electron chi connectivity index (χ3n) is 1.79. The van der Waals surface area contributed by atoms with E-state index in [2.05, 4.69) is 38.0 Å². The van der Waals surface area contributed by atoms with Crippen molar-refractivity contribution in [2.24, 2.45) is 4.99 Å². The van der Waals surface area contributed by atoms with E-state index >= 15 is 0 Å². The van der Waals surface area contributed by atoms with Crippen molar-refractivity contribution >= 4 is 5.69 Å². The molecule has 0 aromatic heterocycles. The van der Waals surface area contributed by atoms with E-state index < -0.39 is 0 Å². The summed E-state index contributed by atoms with van der Waals surface area (Å²) < 4.78 is 0. The van der Waals surface area contributed by atoms with Crippen molar-refractivity contribution in [3.8, 4) is 0 Å². The molecule has 0 N–H and O–H groups in total. The fraction of sp³-hybridized carbons (Fsp3) is 0.462. The molecule has 0 saturated heterocycles. The molecule has 0 heterocycles. The summed E-state index contributed by atoms with van der Waals surface area (Å²) in [6, 6.07) is 10.6. The number of hydrogen-bond donors (Lipinski definition) is 0. The Bertz CT molecular complexity index is 367. The average Bonchev–Trinajstić information content (AvgIpc) is 2.30. The predicted molar refractivity (Wildman–Crippen MR) is 65.3 cm³/mol. The Morgan fingerprint density at radius 3 is 2.27 bits per heavy atom. The Balaban J connectivity index is 3.19. The molecule has 0 amide bonds. The summed E-state index contributed by atoms with van der Waals surface area (Å²) in [7, 11) is 0. The van der Waals surface area contributed by atoms with Crippen LogP contribution in [0.4, 0.5) is 5.69 Å². The van der Waals surface area contributed by atoms with Gasteiger partial charge in [0.1, 0.15) is 0 Å². The van der Waals surface area contributed by atoms with Gasteiger partial charge in [0, 0.05) is 11.4 Å². The van der Waals surface area contributed by atoms with E-state index in [1.165, 1.54) is 0 Å². The second-order valence-corrected chi connectivity index (χ2v) is 4.13. The van der Waals surface area contributed by atoms with E-state index in [0.29, 0.717) is 12.1 Å². The van der Waals surface area contributed by atoms with E-state index in [1.54, 1.807) is 0 Å². The van der Waals surface area contributed by atoms with Crippen molar-refractivity contribution in [1.82, 2.24) is 0 Å². The van der Waals surface area contributed by atoms with Crippen LogP contribution in [-0.2, 0) is 0 Å². The van der Waals surface area contributed by atoms with Gasteiger partial charge in [-0.3, -0.25) is 4.99 Å². The minimum absolute atomic E-state index is 0.300. The highest BCUT2D eigenvalue weighted by Crippen LogP contribution is 2.14. The molecular weight excluding hydrogens is 184 g/mol. The first-order valence-corrected chi connectivity index (χ1v) is 5.43. The molecule has 1 aromatic carbocycles. The maximum Gasteiger partial charge on any atom is 0.0449 e. The summed E-state index contributed by atoms with van der Waals surface area (Å²) in [4.78, 5) is 4.56. The molecule has 0 aliphatic carbocycles. The van der Waals surface area contributed by atoms with Gasteiger partial charge in [0.15, 0.2) is 0 Å². The van der Waals surface area contributed by atoms with Crippen LogP contribution in [0.25, 0.3) is 5.32 Å². The van der Waals surface area contributed by atoms with Crippen LogP contribution >= 0.6 is 0 Å². The maximum atomic E-state index is 4.56. The lowest BCUT2D eigenvalue weighted by Crippen LogP contribution is -2.06. The van der Waals surface area contributed by atoms with Gasteiger partial charge in [-0.25, -0.2) is 0 Å². The van der Waals surface area contributed by atoms with Gasteiger partial charge in [-0.2, -0.15) is 0 Å². The van der Waals surface area contributed by atoms with Crippen molar-refractivity contribution in [2.75, 3.05) is 0 Å². The summed E-state index contributed by atoms with van der Waals surface area (Å²) in [6.07, 6.45) is 0. The summed E-state index contributed by atoms with van der Waals surface area (Å²) in [5, 5.41) is 5.53. The SMILES string of the molecule is CC(C)N=c1cccccc1[N-]C(C)C. The monoisotopic (exact) mass is 203 g/mol. The number of hydrogen-bond acceptors (Lipinski definition) is 1. The van der Waals surface area contributed by atoms with Crippen LogP contribution in [0.5, 0.6) is 0 Å². The summed E-state index contributed by atoms with van der Waals surface area (Å²) in [5.41, 5.74) is 0.976. The molecule has 0 saturated carbocycles. The van der Waals surface area contributed by atoms with E-state index in [1.807, 2.05) is 30.3 Å². The Morgan fingerprint density at radius 1 is 1.00 bits per heavy atom. The number of rotatable bonds is 3. The van der Waals surface area contributed by atoms with E-state index in [9.17, 15) is 0 Å². The lowest BCUT2D eigenvalue weighted by molar-refractivity contribution is 0.805. The molecule has 0 unspecified atom stereocenters. The van der Waals surface area contributed by atoms with Crippen molar-refractivity contribution in [3.05, 3.63) is 41.0 Å². The van der Waals surface area contributed by atoms with Crippen LogP contribution in [0.2, 0.25) is 0 Å². The number of nitrogens with zero attached hydrogens (tertiary/aromatic N) is 2. The molecule has 0 spiro atoms. The fourth-order valence-corrected chi connectivity index (χ4v) is 1.30. The second kappa shape index (κ2) is 5.54. The standard InChI is InChI=1S/C13H19N2/c1-10(2)14-12-8-6-5-7-9-13(12)15-11(3)4/h5-11H,1-4H3/q-1. The zero-order valence-electron chi connectivity index (χ0n) is 9.94. The highest BCUT2D eigenvalue weighted by molar-refractivity contribution is 5.47. The lowest BCUT2D eigenvalue weighted by Gasteiger charge is -2.25. The molecule has 0 radical (unpaired) electrons. The van der Waals surface area contributed by atoms with Gasteiger partial charge in [0.2, 0.25) is 0 Å². The molecule has 15 heavy (non-hydrogen) atoms. The molecule has 2 nitrogen and oxygen atoms in total. The first-order valence-electron chi connectivity index (χ1n) is 5.43. The Labute approximate surface area is 92.1 Å². The van der Waals surface area contributed by atoms with Crippen molar-refractivity contribution in [3.63, 3.8) is 0 Å². The minimum Gasteiger partial charge on any atom is -0.680 e. The highest BCUT2D eigenvalue weighted by Gasteiger charge is 1.88. The van der Waals surface area contributed by atoms with Crippen molar-refractivity contribution in [2.45, 2.75) is 39.8 Å². The molecule has 2 heteroatoms. The zero-order valence-corrected chi connectivity index (χ0v) is 9.94. The smallest absolute Gasteiger partial charge is 0.0449 e. The normalized spacial score (nSPS) is 12.3. The van der Waals surface area contributed by atoms with Crippen LogP contribution in [-0.4, -0.2) is 12.1 Å². The highest BCUT2D eigenvalue weighted by atomic mass is 14.9. The first-order chi connectivity index (χ1) is 7.09. The third-order valence-corrected chi connectivity index (χ3v) is 1.79. The van der Waals surface area contributed by atoms with Crippen molar-refractivity contribution in [1.29, 1.82) is 0 Å². The van der Waals surface area contributed by atoms with Gasteiger partial charge in [-0.1, -0.05) is 38.1 Å². The second-order valence-electron chi connectivity index (χ2n) is 4.13. The molecular formula is C13H19N2-. The minimum atomic E-state index is 0.300. The molecule has 0 bridgehead atoms. The lowest BCUT2D eigenvalue weighted by atomic mass is 10.3. The summed E-state index contributed by atoms with van der Waals surface area (Å²) in [5.74, 6) is 0. The van der Waals surface area contributed by atoms with Crippen LogP contribution in [0.1, 0.15) is 27.7 Å². The quantitative estimate of drug-likeness (QED) is 0.719. The predicted octanol–water partition coefficient (Wildman–Crippen LogP) is 3.41. The van der Waals surface area contributed by atoms with Gasteiger partial charge in [-0.15, -0.1) is 11.7 Å². The van der Waals surface area contributed by atoms with Crippen LogP contribution in [0.15, 0.2) is 35.3 Å². The summed E-state index contributed by atoms with van der Waals surface area (Å²) >= 11 is 0. The van der Waals surface area contributed by atoms with E-state index in [4.69, 9.17) is 0 Å². The largest absolute Gasteiger partial charge is 0.680 e. The first kappa shape index (κ1) is 11.8. The zero-order chi connectivity index (χ0) is 11.3. The van der Waals surface area contributed by atoms with Gasteiger partial charge < -0.3 is 5.32 Å². The summed E-state index contributed by atoms with van der Waals surface area (Å²) in [6.45, 7) is 8.30. The van der Waals surface area contributed by atoms with Crippen LogP contribution < -0.4 is 5.36 Å². The molecule has 0 atom stereocenters. The Morgan fingerprint density at radius 2 is 1.67 bits per heavy atom. The van der Waals surface area contributed by atoms with E-state index in [-0.39, 0.29) is 0 Å². The fourth-order valence-electron chi connectivity index (χ4n) is 1.30. The average molecular weight is 203 g/mol. The van der Waals surface area contributed by atoms with E-state index in [0.717, 1.165) is 11.0 Å². The molecule has 1 aromatic rings. The Kier molecular flexibility index (Phi) is 4.35. The molecule has 0 fully saturated rings. The maximum absolute atomic E-state index is 4.56. The molecule has 0 aliphatic heterocycles. The third kappa shape index (κ3) is 4.15. The topological polar surface area (TPSA) is 26.5 Å². The Hall–Kier alpha value is -1.31. The van der Waals surface area contributed by atoms with Crippen LogP contribution in [0, 0.1) is 0 Å². The molecule has 82 valence electrons. The molecule has 0 aliphatic rings. The van der Waals surface area contributed by atoms with Gasteiger partial charge in [0.05, 0.1) is 0 Å². The van der Waals surface area contributed by atoms with Gasteiger partial charge in [0.25, 0.3) is 0 Å². The van der Waals surface area contributed by atoms with Crippen molar-refractivity contribution < 1.29 is 0 Å². The van der Waals surface area contributed by atoms with Gasteiger partial charge in [-0.05, 0) is 19.9 Å².